The molecular weight excluding hydrogens is 560 g/mol. The van der Waals surface area contributed by atoms with Gasteiger partial charge in [0.25, 0.3) is 0 Å². The van der Waals surface area contributed by atoms with Crippen molar-refractivity contribution < 1.29 is 34.1 Å². The van der Waals surface area contributed by atoms with E-state index in [1.807, 2.05) is 54.7 Å². The monoisotopic (exact) mass is 592 g/mol. The summed E-state index contributed by atoms with van der Waals surface area (Å²) in [6.07, 6.45) is 3.17. The van der Waals surface area contributed by atoms with E-state index in [1.54, 1.807) is 21.0 Å². The van der Waals surface area contributed by atoms with Gasteiger partial charge in [-0.25, -0.2) is 0 Å². The molecule has 0 saturated carbocycles. The second-order valence-corrected chi connectivity index (χ2v) is 11.4. The van der Waals surface area contributed by atoms with E-state index in [2.05, 4.69) is 10.3 Å². The normalized spacial score (nSPS) is 19.2. The van der Waals surface area contributed by atoms with Crippen molar-refractivity contribution in [2.24, 2.45) is 0 Å². The maximum Gasteiger partial charge on any atom is 0.194 e. The van der Waals surface area contributed by atoms with Gasteiger partial charge in [0.15, 0.2) is 17.3 Å². The Morgan fingerprint density at radius 1 is 1.05 bits per heavy atom. The summed E-state index contributed by atoms with van der Waals surface area (Å²) in [7, 11) is 1.62. The molecule has 9 heteroatoms. The van der Waals surface area contributed by atoms with Gasteiger partial charge < -0.3 is 30.0 Å². The summed E-state index contributed by atoms with van der Waals surface area (Å²) in [5.74, 6) is -2.09. The average Bonchev–Trinajstić information content (AvgIpc) is 3.55. The number of phenols is 2. The van der Waals surface area contributed by atoms with Crippen LogP contribution in [0.15, 0.2) is 77.8 Å². The molecule has 3 aromatic carbocycles. The Bertz CT molecular complexity index is 1970. The maximum absolute atomic E-state index is 14.3. The molecule has 224 valence electrons. The number of ether oxygens (including phenoxy) is 2. The summed E-state index contributed by atoms with van der Waals surface area (Å²) in [5, 5.41) is 26.1. The largest absolute Gasteiger partial charge is 0.507 e. The standard InChI is InChI=1S/C35H32N2O7/c1-17-31(40)29(19(3)38)33-30(32(17)41)35(4)27(44-33)14-25(39)28(34(35)42)18(2)36-15-23(21-11-7-9-13-26(21)43-5)22-16-37-24-12-8-6-10-20(22)24/h6-14,16,23,36-37,40-41H,15H2,1-5H3. The van der Waals surface area contributed by atoms with E-state index in [0.717, 1.165) is 22.0 Å². The van der Waals surface area contributed by atoms with E-state index in [-0.39, 0.29) is 45.4 Å². The van der Waals surface area contributed by atoms with E-state index in [1.165, 1.54) is 19.9 Å². The van der Waals surface area contributed by atoms with E-state index < -0.39 is 28.5 Å². The summed E-state index contributed by atoms with van der Waals surface area (Å²) in [6.45, 7) is 6.25. The van der Waals surface area contributed by atoms with Crippen LogP contribution in [0.5, 0.6) is 23.0 Å². The second kappa shape index (κ2) is 10.4. The Kier molecular flexibility index (Phi) is 6.84. The molecule has 4 N–H and O–H groups in total. The number of ketones is 3. The Morgan fingerprint density at radius 3 is 2.48 bits per heavy atom. The molecule has 0 bridgehead atoms. The smallest absolute Gasteiger partial charge is 0.194 e. The van der Waals surface area contributed by atoms with Gasteiger partial charge in [-0.3, -0.25) is 14.4 Å². The van der Waals surface area contributed by atoms with Crippen LogP contribution >= 0.6 is 0 Å². The third-order valence-corrected chi connectivity index (χ3v) is 8.84. The number of methoxy groups -OCH3 is 1. The predicted octanol–water partition coefficient (Wildman–Crippen LogP) is 5.48. The number of rotatable bonds is 7. The van der Waals surface area contributed by atoms with Crippen LogP contribution in [0.1, 0.15) is 59.3 Å². The van der Waals surface area contributed by atoms with Crippen LogP contribution in [0.3, 0.4) is 0 Å². The topological polar surface area (TPSA) is 138 Å². The van der Waals surface area contributed by atoms with Crippen molar-refractivity contribution in [3.8, 4) is 23.0 Å². The number of aromatic nitrogens is 1. The molecule has 2 heterocycles. The highest BCUT2D eigenvalue weighted by molar-refractivity contribution is 6.31. The minimum atomic E-state index is -1.59. The van der Waals surface area contributed by atoms with Crippen molar-refractivity contribution in [3.63, 3.8) is 0 Å². The number of carbonyl (C=O) groups excluding carboxylic acids is 3. The van der Waals surface area contributed by atoms with Crippen molar-refractivity contribution in [3.05, 3.63) is 106 Å². The van der Waals surface area contributed by atoms with Crippen LogP contribution < -0.4 is 14.8 Å². The van der Waals surface area contributed by atoms with Gasteiger partial charge in [0, 0.05) is 52.5 Å². The van der Waals surface area contributed by atoms with Gasteiger partial charge in [-0.1, -0.05) is 36.4 Å². The van der Waals surface area contributed by atoms with Gasteiger partial charge in [0.2, 0.25) is 0 Å². The van der Waals surface area contributed by atoms with E-state index in [4.69, 9.17) is 9.47 Å². The van der Waals surface area contributed by atoms with Gasteiger partial charge in [-0.2, -0.15) is 0 Å². The van der Waals surface area contributed by atoms with Crippen LogP contribution in [0.2, 0.25) is 0 Å². The molecule has 4 aromatic rings. The minimum absolute atomic E-state index is 0.00691. The van der Waals surface area contributed by atoms with Gasteiger partial charge >= 0.3 is 0 Å². The minimum Gasteiger partial charge on any atom is -0.507 e. The van der Waals surface area contributed by atoms with Crippen LogP contribution in [-0.2, 0) is 15.0 Å². The number of para-hydroxylation sites is 2. The van der Waals surface area contributed by atoms with Crippen LogP contribution in [0.4, 0.5) is 0 Å². The van der Waals surface area contributed by atoms with Gasteiger partial charge in [0.05, 0.1) is 18.2 Å². The Hall–Kier alpha value is -5.31. The first kappa shape index (κ1) is 28.8. The number of phenolic OH excluding ortho intramolecular Hbond substituents is 2. The van der Waals surface area contributed by atoms with Crippen molar-refractivity contribution in [2.75, 3.05) is 13.7 Å². The summed E-state index contributed by atoms with van der Waals surface area (Å²) in [4.78, 5) is 43.5. The molecular formula is C35H32N2O7. The summed E-state index contributed by atoms with van der Waals surface area (Å²) >= 11 is 0. The molecule has 1 aliphatic heterocycles. The molecule has 1 aromatic heterocycles. The fourth-order valence-electron chi connectivity index (χ4n) is 6.43. The summed E-state index contributed by atoms with van der Waals surface area (Å²) in [6, 6.07) is 15.7. The number of aromatic amines is 1. The predicted molar refractivity (Wildman–Crippen MR) is 164 cm³/mol. The highest BCUT2D eigenvalue weighted by Gasteiger charge is 2.56. The second-order valence-electron chi connectivity index (χ2n) is 11.4. The third-order valence-electron chi connectivity index (χ3n) is 8.84. The highest BCUT2D eigenvalue weighted by atomic mass is 16.5. The van der Waals surface area contributed by atoms with E-state index in [9.17, 15) is 24.6 Å². The number of aromatic hydroxyl groups is 2. The van der Waals surface area contributed by atoms with E-state index in [0.29, 0.717) is 18.0 Å². The number of hydrogen-bond donors (Lipinski definition) is 4. The van der Waals surface area contributed by atoms with E-state index >= 15 is 0 Å². The number of hydrogen-bond acceptors (Lipinski definition) is 8. The lowest BCUT2D eigenvalue weighted by Crippen LogP contribution is -2.41. The molecule has 6 rings (SSSR count). The van der Waals surface area contributed by atoms with Crippen molar-refractivity contribution in [1.29, 1.82) is 0 Å². The lowest BCUT2D eigenvalue weighted by Gasteiger charge is -2.29. The quantitative estimate of drug-likeness (QED) is 0.126. The summed E-state index contributed by atoms with van der Waals surface area (Å²) < 4.78 is 11.6. The Morgan fingerprint density at radius 2 is 1.75 bits per heavy atom. The first-order valence-corrected chi connectivity index (χ1v) is 14.2. The zero-order valence-corrected chi connectivity index (χ0v) is 25.0. The molecule has 0 spiro atoms. The zero-order chi connectivity index (χ0) is 31.5. The molecule has 0 radical (unpaired) electrons. The molecule has 1 aliphatic carbocycles. The van der Waals surface area contributed by atoms with Crippen LogP contribution in [-0.4, -0.2) is 46.2 Å². The molecule has 0 fully saturated rings. The first-order chi connectivity index (χ1) is 21.0. The number of nitrogens with one attached hydrogen (secondary N) is 2. The van der Waals surface area contributed by atoms with Gasteiger partial charge in [0.1, 0.15) is 39.7 Å². The van der Waals surface area contributed by atoms with Crippen molar-refractivity contribution in [1.82, 2.24) is 10.3 Å². The fraction of sp³-hybridized carbons (Fsp3) is 0.229. The number of benzene rings is 3. The lowest BCUT2D eigenvalue weighted by atomic mass is 9.70. The SMILES string of the molecule is COc1ccccc1C(CNC(C)=C1C(=O)C=C2Oc3c(C(C)=O)c(O)c(C)c(O)c3C2(C)C1=O)c1c[nH]c2ccccc12. The Labute approximate surface area is 253 Å². The molecule has 44 heavy (non-hydrogen) atoms. The molecule has 2 aliphatic rings. The van der Waals surface area contributed by atoms with Gasteiger partial charge in [-0.05, 0) is 45.4 Å². The third kappa shape index (κ3) is 4.11. The zero-order valence-electron chi connectivity index (χ0n) is 25.0. The fourth-order valence-corrected chi connectivity index (χ4v) is 6.43. The number of Topliss-reactive ketones (excluding diaryl/α,β-unsaturated/α-hetero) is 2. The van der Waals surface area contributed by atoms with Crippen molar-refractivity contribution in [2.45, 2.75) is 39.0 Å². The first-order valence-electron chi connectivity index (χ1n) is 14.2. The molecule has 0 saturated heterocycles. The average molecular weight is 593 g/mol. The number of allylic oxidation sites excluding steroid dienone is 4. The molecule has 2 atom stereocenters. The molecule has 9 nitrogen and oxygen atoms in total. The summed E-state index contributed by atoms with van der Waals surface area (Å²) in [5.41, 5.74) is 1.55. The van der Waals surface area contributed by atoms with Crippen molar-refractivity contribution >= 4 is 28.3 Å². The number of fused-ring (bicyclic) bond motifs is 4. The van der Waals surface area contributed by atoms with Crippen LogP contribution in [0.25, 0.3) is 10.9 Å². The van der Waals surface area contributed by atoms with Crippen LogP contribution in [0, 0.1) is 6.92 Å². The lowest BCUT2D eigenvalue weighted by molar-refractivity contribution is -0.123. The Balaban J connectivity index is 1.43. The number of carbonyl (C=O) groups is 3. The van der Waals surface area contributed by atoms with Gasteiger partial charge in [-0.15, -0.1) is 0 Å². The number of H-pyrrole nitrogens is 1. The molecule has 0 amide bonds. The molecule has 2 unspecified atom stereocenters. The maximum atomic E-state index is 14.3. The highest BCUT2D eigenvalue weighted by Crippen LogP contribution is 2.57.